The summed E-state index contributed by atoms with van der Waals surface area (Å²) in [6.07, 6.45) is 0.774. The molecule has 0 aliphatic rings. The predicted octanol–water partition coefficient (Wildman–Crippen LogP) is 5.07. The highest BCUT2D eigenvalue weighted by atomic mass is 16.5. The lowest BCUT2D eigenvalue weighted by molar-refractivity contribution is -0.149. The molecule has 2 rings (SSSR count). The second-order valence-corrected chi connectivity index (χ2v) is 9.40. The van der Waals surface area contributed by atoms with E-state index in [1.807, 2.05) is 57.2 Å². The number of hydrogen-bond donors (Lipinski definition) is 1. The van der Waals surface area contributed by atoms with Gasteiger partial charge in [-0.2, -0.15) is 0 Å². The van der Waals surface area contributed by atoms with E-state index in [2.05, 4.69) is 26.1 Å². The molecule has 0 aliphatic heterocycles. The van der Waals surface area contributed by atoms with Gasteiger partial charge in [0.05, 0.1) is 19.6 Å². The first kappa shape index (κ1) is 23.7. The smallest absolute Gasteiger partial charge is 0.328 e. The molecule has 0 radical (unpaired) electrons. The third-order valence-electron chi connectivity index (χ3n) is 5.28. The van der Waals surface area contributed by atoms with Crippen LogP contribution in [-0.4, -0.2) is 31.6 Å². The van der Waals surface area contributed by atoms with Crippen LogP contribution in [0.25, 0.3) is 10.8 Å². The molecule has 0 saturated heterocycles. The van der Waals surface area contributed by atoms with Crippen molar-refractivity contribution in [2.75, 3.05) is 13.7 Å². The molecule has 0 fully saturated rings. The van der Waals surface area contributed by atoms with E-state index in [9.17, 15) is 9.59 Å². The first-order valence-electron chi connectivity index (χ1n) is 10.6. The van der Waals surface area contributed by atoms with Crippen LogP contribution in [0.15, 0.2) is 36.4 Å². The zero-order valence-electron chi connectivity index (χ0n) is 19.2. The first-order valence-corrected chi connectivity index (χ1v) is 10.6. The monoisotopic (exact) mass is 413 g/mol. The van der Waals surface area contributed by atoms with Gasteiger partial charge in [-0.05, 0) is 53.1 Å². The van der Waals surface area contributed by atoms with Crippen molar-refractivity contribution in [1.82, 2.24) is 5.32 Å². The van der Waals surface area contributed by atoms with E-state index in [1.54, 1.807) is 7.11 Å². The second kappa shape index (κ2) is 9.96. The fraction of sp³-hybridized carbons (Fsp3) is 0.520. The maximum Gasteiger partial charge on any atom is 0.328 e. The fourth-order valence-corrected chi connectivity index (χ4v) is 3.11. The first-order chi connectivity index (χ1) is 14.0. The van der Waals surface area contributed by atoms with Crippen LogP contribution in [0, 0.1) is 11.3 Å². The summed E-state index contributed by atoms with van der Waals surface area (Å²) in [6, 6.07) is 11.1. The molecular formula is C25H35NO4. The number of methoxy groups -OCH3 is 1. The van der Waals surface area contributed by atoms with Crippen molar-refractivity contribution in [1.29, 1.82) is 0 Å². The van der Waals surface area contributed by atoms with Crippen LogP contribution in [0.3, 0.4) is 0 Å². The van der Waals surface area contributed by atoms with E-state index in [4.69, 9.17) is 9.47 Å². The van der Waals surface area contributed by atoms with Crippen molar-refractivity contribution in [2.24, 2.45) is 11.3 Å². The van der Waals surface area contributed by atoms with Crippen LogP contribution < -0.4 is 10.1 Å². The van der Waals surface area contributed by atoms with Crippen molar-refractivity contribution >= 4 is 22.6 Å². The van der Waals surface area contributed by atoms with Gasteiger partial charge in [-0.3, -0.25) is 4.79 Å². The molecule has 0 spiro atoms. The molecule has 2 aromatic carbocycles. The molecule has 1 amide bonds. The number of amides is 1. The highest BCUT2D eigenvalue weighted by Crippen LogP contribution is 2.25. The van der Waals surface area contributed by atoms with Crippen molar-refractivity contribution in [2.45, 2.75) is 59.9 Å². The van der Waals surface area contributed by atoms with Gasteiger partial charge < -0.3 is 14.8 Å². The number of hydrogen-bond acceptors (Lipinski definition) is 4. The predicted molar refractivity (Wildman–Crippen MR) is 121 cm³/mol. The number of benzene rings is 2. The summed E-state index contributed by atoms with van der Waals surface area (Å²) < 4.78 is 10.7. The summed E-state index contributed by atoms with van der Waals surface area (Å²) in [6.45, 7) is 12.3. The van der Waals surface area contributed by atoms with Gasteiger partial charge in [-0.1, -0.05) is 58.9 Å². The van der Waals surface area contributed by atoms with E-state index in [1.165, 1.54) is 0 Å². The number of ether oxygens (including phenoxy) is 2. The average Bonchev–Trinajstić information content (AvgIpc) is 2.69. The lowest BCUT2D eigenvalue weighted by Gasteiger charge is -2.24. The zero-order chi connectivity index (χ0) is 22.5. The van der Waals surface area contributed by atoms with E-state index in [-0.39, 0.29) is 29.1 Å². The van der Waals surface area contributed by atoms with Crippen LogP contribution in [0.1, 0.15) is 59.4 Å². The van der Waals surface area contributed by atoms with Crippen LogP contribution in [-0.2, 0) is 14.3 Å². The largest absolute Gasteiger partial charge is 0.497 e. The lowest BCUT2D eigenvalue weighted by atomic mass is 9.93. The summed E-state index contributed by atoms with van der Waals surface area (Å²) in [5.41, 5.74) is 0.986. The quantitative estimate of drug-likeness (QED) is 0.614. The highest BCUT2D eigenvalue weighted by molar-refractivity contribution is 5.90. The molecule has 0 saturated carbocycles. The summed E-state index contributed by atoms with van der Waals surface area (Å²) >= 11 is 0. The maximum atomic E-state index is 12.9. The molecule has 0 aromatic heterocycles. The molecule has 2 unspecified atom stereocenters. The summed E-state index contributed by atoms with van der Waals surface area (Å²) in [5.74, 6) is -0.215. The van der Waals surface area contributed by atoms with Gasteiger partial charge in [-0.25, -0.2) is 4.79 Å². The van der Waals surface area contributed by atoms with E-state index in [0.717, 1.165) is 28.5 Å². The normalized spacial score (nSPS) is 13.7. The highest BCUT2D eigenvalue weighted by Gasteiger charge is 2.28. The van der Waals surface area contributed by atoms with Crippen LogP contribution in [0.2, 0.25) is 0 Å². The number of esters is 1. The Morgan fingerprint density at radius 3 is 2.23 bits per heavy atom. The van der Waals surface area contributed by atoms with Gasteiger partial charge in [0.2, 0.25) is 5.91 Å². The van der Waals surface area contributed by atoms with Gasteiger partial charge >= 0.3 is 5.97 Å². The van der Waals surface area contributed by atoms with Crippen LogP contribution >= 0.6 is 0 Å². The van der Waals surface area contributed by atoms with E-state index >= 15 is 0 Å². The Kier molecular flexibility index (Phi) is 7.88. The molecule has 0 aliphatic carbocycles. The number of rotatable bonds is 8. The Labute approximate surface area is 180 Å². The molecule has 1 N–H and O–H groups in total. The minimum Gasteiger partial charge on any atom is -0.497 e. The molecule has 2 atom stereocenters. The number of nitrogens with one attached hydrogen (secondary N) is 1. The van der Waals surface area contributed by atoms with Gasteiger partial charge in [0.25, 0.3) is 0 Å². The third kappa shape index (κ3) is 6.48. The Morgan fingerprint density at radius 2 is 1.63 bits per heavy atom. The molecule has 0 heterocycles. The minimum absolute atomic E-state index is 0.0626. The summed E-state index contributed by atoms with van der Waals surface area (Å²) in [4.78, 5) is 25.4. The van der Waals surface area contributed by atoms with E-state index in [0.29, 0.717) is 6.61 Å². The molecule has 164 valence electrons. The Morgan fingerprint density at radius 1 is 1.00 bits per heavy atom. The standard InChI is InChI=1S/C25H35NO4/c1-16(2)22(24(28)30-13-12-25(4,5)6)26-23(27)17(3)18-8-9-20-15-21(29-7)11-10-19(20)14-18/h8-11,14-17,22H,12-13H2,1-7H3,(H,26,27). The van der Waals surface area contributed by atoms with Crippen LogP contribution in [0.4, 0.5) is 0 Å². The maximum absolute atomic E-state index is 12.9. The molecule has 5 heteroatoms. The van der Waals surface area contributed by atoms with Crippen LogP contribution in [0.5, 0.6) is 5.75 Å². The van der Waals surface area contributed by atoms with Crippen molar-refractivity contribution in [3.8, 4) is 5.75 Å². The average molecular weight is 414 g/mol. The number of carbonyl (C=O) groups excluding carboxylic acids is 2. The zero-order valence-corrected chi connectivity index (χ0v) is 19.2. The number of fused-ring (bicyclic) bond motifs is 1. The summed E-state index contributed by atoms with van der Waals surface area (Å²) in [7, 11) is 1.64. The molecule has 2 aromatic rings. The molecule has 5 nitrogen and oxygen atoms in total. The number of carbonyl (C=O) groups is 2. The molecular weight excluding hydrogens is 378 g/mol. The van der Waals surface area contributed by atoms with Gasteiger partial charge in [0.15, 0.2) is 0 Å². The SMILES string of the molecule is COc1ccc2cc(C(C)C(=O)NC(C(=O)OCCC(C)(C)C)C(C)C)ccc2c1. The minimum atomic E-state index is -0.662. The second-order valence-electron chi connectivity index (χ2n) is 9.40. The molecule has 30 heavy (non-hydrogen) atoms. The van der Waals surface area contributed by atoms with Gasteiger partial charge in [0, 0.05) is 0 Å². The van der Waals surface area contributed by atoms with Gasteiger partial charge in [-0.15, -0.1) is 0 Å². The Bertz CT molecular complexity index is 882. The third-order valence-corrected chi connectivity index (χ3v) is 5.28. The van der Waals surface area contributed by atoms with Crippen molar-refractivity contribution in [3.05, 3.63) is 42.0 Å². The lowest BCUT2D eigenvalue weighted by Crippen LogP contribution is -2.46. The van der Waals surface area contributed by atoms with Crippen molar-refractivity contribution in [3.63, 3.8) is 0 Å². The van der Waals surface area contributed by atoms with E-state index < -0.39 is 6.04 Å². The Balaban J connectivity index is 2.07. The summed E-state index contributed by atoms with van der Waals surface area (Å²) in [5, 5.41) is 4.98. The topological polar surface area (TPSA) is 64.6 Å². The fourth-order valence-electron chi connectivity index (χ4n) is 3.11. The molecule has 0 bridgehead atoms. The van der Waals surface area contributed by atoms with Gasteiger partial charge in [0.1, 0.15) is 11.8 Å². The Hall–Kier alpha value is -2.56. The van der Waals surface area contributed by atoms with Crippen molar-refractivity contribution < 1.29 is 19.1 Å².